The van der Waals surface area contributed by atoms with Crippen LogP contribution in [0.15, 0.2) is 28.1 Å². The van der Waals surface area contributed by atoms with Gasteiger partial charge < -0.3 is 9.72 Å². The number of aromatic nitrogens is 3. The van der Waals surface area contributed by atoms with E-state index in [0.29, 0.717) is 17.2 Å². The number of pyridine rings is 1. The Morgan fingerprint density at radius 3 is 3.00 bits per heavy atom. The monoisotopic (exact) mass is 355 g/mol. The standard InChI is InChI=1S/C12H10BrN3OS2/c1-17-10-3-2-8-11(15-10)16(12(18)14-8)6-9-7(13)4-5-19-9/h2-5H,6H2,1H3,(H,14,18). The molecule has 98 valence electrons. The Morgan fingerprint density at radius 2 is 2.32 bits per heavy atom. The quantitative estimate of drug-likeness (QED) is 0.722. The number of nitrogens with one attached hydrogen (secondary N) is 1. The maximum Gasteiger partial charge on any atom is 0.215 e. The van der Waals surface area contributed by atoms with Crippen molar-refractivity contribution in [1.29, 1.82) is 0 Å². The maximum absolute atomic E-state index is 5.36. The molecule has 0 amide bonds. The van der Waals surface area contributed by atoms with Gasteiger partial charge in [-0.3, -0.25) is 4.57 Å². The number of fused-ring (bicyclic) bond motifs is 1. The lowest BCUT2D eigenvalue weighted by molar-refractivity contribution is 0.399. The topological polar surface area (TPSA) is 42.8 Å². The van der Waals surface area contributed by atoms with Crippen LogP contribution < -0.4 is 4.74 Å². The summed E-state index contributed by atoms with van der Waals surface area (Å²) in [5.74, 6) is 0.584. The van der Waals surface area contributed by atoms with Gasteiger partial charge in [-0.1, -0.05) is 0 Å². The molecule has 0 spiro atoms. The number of hydrogen-bond acceptors (Lipinski definition) is 4. The minimum Gasteiger partial charge on any atom is -0.481 e. The molecule has 0 aliphatic carbocycles. The van der Waals surface area contributed by atoms with E-state index in [2.05, 4.69) is 25.9 Å². The molecule has 7 heteroatoms. The number of halogens is 1. The number of hydrogen-bond donors (Lipinski definition) is 1. The first-order valence-corrected chi connectivity index (χ1v) is 7.62. The lowest BCUT2D eigenvalue weighted by atomic mass is 10.4. The van der Waals surface area contributed by atoms with Gasteiger partial charge in [0, 0.05) is 15.4 Å². The first-order chi connectivity index (χ1) is 9.19. The van der Waals surface area contributed by atoms with Crippen LogP contribution >= 0.6 is 39.5 Å². The zero-order chi connectivity index (χ0) is 13.4. The van der Waals surface area contributed by atoms with Crippen LogP contribution in [0.2, 0.25) is 0 Å². The van der Waals surface area contributed by atoms with Crippen molar-refractivity contribution in [3.8, 4) is 5.88 Å². The molecule has 3 aromatic rings. The summed E-state index contributed by atoms with van der Waals surface area (Å²) in [5.41, 5.74) is 1.73. The van der Waals surface area contributed by atoms with Gasteiger partial charge in [-0.05, 0) is 45.7 Å². The van der Waals surface area contributed by atoms with Crippen molar-refractivity contribution in [2.75, 3.05) is 7.11 Å². The Balaban J connectivity index is 2.14. The molecule has 0 bridgehead atoms. The SMILES string of the molecule is COc1ccc2[nH]c(=S)n(Cc3sccc3Br)c2n1. The summed E-state index contributed by atoms with van der Waals surface area (Å²) in [6.45, 7) is 0.692. The molecule has 3 rings (SSSR count). The number of aromatic amines is 1. The third-order valence-corrected chi connectivity index (χ3v) is 5.03. The summed E-state index contributed by atoms with van der Waals surface area (Å²) in [5, 5.41) is 2.05. The van der Waals surface area contributed by atoms with Crippen LogP contribution in [0, 0.1) is 4.77 Å². The van der Waals surface area contributed by atoms with Crippen LogP contribution in [0.3, 0.4) is 0 Å². The molecule has 0 unspecified atom stereocenters. The Labute approximate surface area is 127 Å². The average molecular weight is 356 g/mol. The summed E-state index contributed by atoms with van der Waals surface area (Å²) >= 11 is 10.6. The lowest BCUT2D eigenvalue weighted by Crippen LogP contribution is -2.00. The molecular formula is C12H10BrN3OS2. The highest BCUT2D eigenvalue weighted by molar-refractivity contribution is 9.10. The molecule has 0 atom stereocenters. The minimum absolute atomic E-state index is 0.584. The van der Waals surface area contributed by atoms with Crippen molar-refractivity contribution in [3.63, 3.8) is 0 Å². The molecule has 0 saturated heterocycles. The van der Waals surface area contributed by atoms with Crippen LogP contribution in [0.4, 0.5) is 0 Å². The first-order valence-electron chi connectivity index (χ1n) is 5.54. The molecule has 0 fully saturated rings. The van der Waals surface area contributed by atoms with Gasteiger partial charge in [-0.2, -0.15) is 4.98 Å². The molecule has 0 aromatic carbocycles. The number of ether oxygens (including phenoxy) is 1. The van der Waals surface area contributed by atoms with Crippen molar-refractivity contribution in [3.05, 3.63) is 37.7 Å². The van der Waals surface area contributed by atoms with E-state index in [1.165, 1.54) is 4.88 Å². The second-order valence-corrected chi connectivity index (χ2v) is 6.17. The lowest BCUT2D eigenvalue weighted by Gasteiger charge is -2.04. The molecule has 0 saturated carbocycles. The zero-order valence-corrected chi connectivity index (χ0v) is 13.2. The molecule has 1 N–H and O–H groups in total. The fraction of sp³-hybridized carbons (Fsp3) is 0.167. The number of imidazole rings is 1. The van der Waals surface area contributed by atoms with Crippen LogP contribution in [0.25, 0.3) is 11.2 Å². The van der Waals surface area contributed by atoms with Crippen molar-refractivity contribution >= 4 is 50.6 Å². The summed E-state index contributed by atoms with van der Waals surface area (Å²) in [7, 11) is 1.61. The smallest absolute Gasteiger partial charge is 0.215 e. The van der Waals surface area contributed by atoms with Gasteiger partial charge in [0.1, 0.15) is 0 Å². The van der Waals surface area contributed by atoms with Gasteiger partial charge in [-0.25, -0.2) is 0 Å². The van der Waals surface area contributed by atoms with Crippen LogP contribution in [-0.4, -0.2) is 21.6 Å². The van der Waals surface area contributed by atoms with Crippen molar-refractivity contribution < 1.29 is 4.74 Å². The van der Waals surface area contributed by atoms with Gasteiger partial charge in [-0.15, -0.1) is 11.3 Å². The average Bonchev–Trinajstić information content (AvgIpc) is 2.94. The number of methoxy groups -OCH3 is 1. The second kappa shape index (κ2) is 5.07. The number of rotatable bonds is 3. The van der Waals surface area contributed by atoms with E-state index in [9.17, 15) is 0 Å². The summed E-state index contributed by atoms with van der Waals surface area (Å²) in [4.78, 5) is 8.83. The van der Waals surface area contributed by atoms with Gasteiger partial charge in [0.15, 0.2) is 10.4 Å². The predicted octanol–water partition coefficient (Wildman–Crippen LogP) is 3.97. The third-order valence-electron chi connectivity index (χ3n) is 2.79. The molecule has 0 aliphatic heterocycles. The predicted molar refractivity (Wildman–Crippen MR) is 82.6 cm³/mol. The summed E-state index contributed by atoms with van der Waals surface area (Å²) in [6.07, 6.45) is 0. The Kier molecular flexibility index (Phi) is 3.42. The largest absolute Gasteiger partial charge is 0.481 e. The highest BCUT2D eigenvalue weighted by Crippen LogP contribution is 2.25. The Hall–Kier alpha value is -1.18. The normalized spacial score (nSPS) is 11.1. The zero-order valence-electron chi connectivity index (χ0n) is 10.0. The van der Waals surface area contributed by atoms with Crippen molar-refractivity contribution in [2.45, 2.75) is 6.54 Å². The minimum atomic E-state index is 0.584. The van der Waals surface area contributed by atoms with Crippen LogP contribution in [0.5, 0.6) is 5.88 Å². The van der Waals surface area contributed by atoms with E-state index in [4.69, 9.17) is 17.0 Å². The fourth-order valence-corrected chi connectivity index (χ4v) is 3.58. The number of H-pyrrole nitrogens is 1. The van der Waals surface area contributed by atoms with Crippen LogP contribution in [0.1, 0.15) is 4.88 Å². The number of nitrogens with zero attached hydrogens (tertiary/aromatic N) is 2. The van der Waals surface area contributed by atoms with Gasteiger partial charge >= 0.3 is 0 Å². The molecule has 3 aromatic heterocycles. The fourth-order valence-electron chi connectivity index (χ4n) is 1.86. The second-order valence-electron chi connectivity index (χ2n) is 3.93. The number of thiophene rings is 1. The molecule has 3 heterocycles. The van der Waals surface area contributed by atoms with E-state index in [1.54, 1.807) is 18.4 Å². The summed E-state index contributed by atoms with van der Waals surface area (Å²) in [6, 6.07) is 5.78. The Morgan fingerprint density at radius 1 is 1.47 bits per heavy atom. The van der Waals surface area contributed by atoms with Gasteiger partial charge in [0.05, 0.1) is 19.2 Å². The van der Waals surface area contributed by atoms with E-state index in [0.717, 1.165) is 15.6 Å². The molecule has 0 radical (unpaired) electrons. The molecule has 0 aliphatic rings. The van der Waals surface area contributed by atoms with Gasteiger partial charge in [0.25, 0.3) is 0 Å². The molecular weight excluding hydrogens is 346 g/mol. The maximum atomic E-state index is 5.36. The van der Waals surface area contributed by atoms with E-state index in [1.807, 2.05) is 28.1 Å². The highest BCUT2D eigenvalue weighted by atomic mass is 79.9. The van der Waals surface area contributed by atoms with E-state index >= 15 is 0 Å². The van der Waals surface area contributed by atoms with E-state index < -0.39 is 0 Å². The third kappa shape index (κ3) is 2.33. The highest BCUT2D eigenvalue weighted by Gasteiger charge is 2.10. The molecule has 19 heavy (non-hydrogen) atoms. The van der Waals surface area contributed by atoms with Crippen LogP contribution in [-0.2, 0) is 6.54 Å². The molecule has 4 nitrogen and oxygen atoms in total. The van der Waals surface area contributed by atoms with Crippen molar-refractivity contribution in [1.82, 2.24) is 14.5 Å². The van der Waals surface area contributed by atoms with Gasteiger partial charge in [0.2, 0.25) is 5.88 Å². The van der Waals surface area contributed by atoms with Crippen molar-refractivity contribution in [2.24, 2.45) is 0 Å². The first kappa shape index (κ1) is 12.8. The van der Waals surface area contributed by atoms with E-state index in [-0.39, 0.29) is 0 Å². The Bertz CT molecular complexity index is 790. The summed E-state index contributed by atoms with van der Waals surface area (Å²) < 4.78 is 8.90.